The van der Waals surface area contributed by atoms with Crippen molar-refractivity contribution in [2.24, 2.45) is 0 Å². The van der Waals surface area contributed by atoms with Crippen molar-refractivity contribution < 1.29 is 9.53 Å². The summed E-state index contributed by atoms with van der Waals surface area (Å²) in [5.41, 5.74) is 3.46. The number of rotatable bonds is 8. The van der Waals surface area contributed by atoms with Crippen LogP contribution in [0.1, 0.15) is 29.3 Å². The molecule has 0 atom stereocenters. The molecule has 0 unspecified atom stereocenters. The fourth-order valence-electron chi connectivity index (χ4n) is 2.73. The molecule has 0 saturated carbocycles. The van der Waals surface area contributed by atoms with E-state index in [-0.39, 0.29) is 0 Å². The largest absolute Gasteiger partial charge is 0.465 e. The third kappa shape index (κ3) is 6.39. The Morgan fingerprint density at radius 3 is 2.57 bits per heavy atom. The van der Waals surface area contributed by atoms with Crippen LogP contribution in [0.3, 0.4) is 0 Å². The Morgan fingerprint density at radius 2 is 1.93 bits per heavy atom. The summed E-state index contributed by atoms with van der Waals surface area (Å²) in [6, 6.07) is 13.4. The Labute approximate surface area is 177 Å². The second kappa shape index (κ2) is 10.9. The third-order valence-electron chi connectivity index (χ3n) is 4.31. The molecule has 0 aromatic heterocycles. The minimum Gasteiger partial charge on any atom is -0.465 e. The molecule has 7 heteroatoms. The molecule has 2 rings (SSSR count). The van der Waals surface area contributed by atoms with Crippen molar-refractivity contribution in [1.82, 2.24) is 5.32 Å². The van der Waals surface area contributed by atoms with Crippen LogP contribution < -0.4 is 15.5 Å². The van der Waals surface area contributed by atoms with Crippen molar-refractivity contribution in [2.75, 3.05) is 37.0 Å². The predicted octanol–water partition coefficient (Wildman–Crippen LogP) is 4.64. The van der Waals surface area contributed by atoms with Gasteiger partial charge >= 0.3 is 5.97 Å². The van der Waals surface area contributed by atoms with Crippen LogP contribution in [0.4, 0.5) is 11.4 Å². The van der Waals surface area contributed by atoms with E-state index in [9.17, 15) is 4.79 Å². The van der Waals surface area contributed by atoms with Gasteiger partial charge in [0.05, 0.1) is 23.4 Å². The number of thiocarbonyl (C=S) groups is 1. The molecule has 0 radical (unpaired) electrons. The van der Waals surface area contributed by atoms with Crippen molar-refractivity contribution in [3.05, 3.63) is 58.6 Å². The first-order chi connectivity index (χ1) is 13.4. The molecule has 0 aliphatic heterocycles. The fourth-order valence-corrected chi connectivity index (χ4v) is 3.11. The molecule has 0 heterocycles. The minimum absolute atomic E-state index is 0.411. The molecule has 0 spiro atoms. The summed E-state index contributed by atoms with van der Waals surface area (Å²) >= 11 is 11.5. The Bertz CT molecular complexity index is 812. The van der Waals surface area contributed by atoms with E-state index in [0.717, 1.165) is 26.1 Å². The molecule has 150 valence electrons. The summed E-state index contributed by atoms with van der Waals surface area (Å²) in [6.45, 7) is 6.83. The van der Waals surface area contributed by atoms with Gasteiger partial charge in [-0.25, -0.2) is 4.79 Å². The molecule has 0 amide bonds. The number of methoxy groups -OCH3 is 1. The number of anilines is 2. The van der Waals surface area contributed by atoms with Crippen LogP contribution in [0, 0.1) is 6.92 Å². The zero-order valence-electron chi connectivity index (χ0n) is 16.4. The number of aryl methyl sites for hydroxylation is 1. The lowest BCUT2D eigenvalue weighted by atomic mass is 10.2. The number of hydrogen-bond donors (Lipinski definition) is 2. The number of carbonyl (C=O) groups is 1. The average Bonchev–Trinajstić information content (AvgIpc) is 2.70. The van der Waals surface area contributed by atoms with Gasteiger partial charge in [0.1, 0.15) is 0 Å². The number of hydrogen-bond acceptors (Lipinski definition) is 4. The first-order valence-corrected chi connectivity index (χ1v) is 9.97. The molecular weight excluding hydrogens is 394 g/mol. The molecule has 2 N–H and O–H groups in total. The monoisotopic (exact) mass is 419 g/mol. The Morgan fingerprint density at radius 1 is 1.21 bits per heavy atom. The van der Waals surface area contributed by atoms with E-state index < -0.39 is 5.97 Å². The average molecular weight is 420 g/mol. The number of benzene rings is 2. The highest BCUT2D eigenvalue weighted by molar-refractivity contribution is 7.80. The number of esters is 1. The van der Waals surface area contributed by atoms with Gasteiger partial charge in [0, 0.05) is 25.3 Å². The smallest absolute Gasteiger partial charge is 0.337 e. The van der Waals surface area contributed by atoms with Crippen molar-refractivity contribution >= 4 is 46.3 Å². The van der Waals surface area contributed by atoms with Gasteiger partial charge in [0.15, 0.2) is 5.11 Å². The summed E-state index contributed by atoms with van der Waals surface area (Å²) in [4.78, 5) is 14.0. The van der Waals surface area contributed by atoms with Gasteiger partial charge in [-0.3, -0.25) is 0 Å². The van der Waals surface area contributed by atoms with Gasteiger partial charge in [-0.05, 0) is 62.8 Å². The van der Waals surface area contributed by atoms with Crippen LogP contribution in [-0.2, 0) is 4.74 Å². The Balaban J connectivity index is 1.82. The molecular formula is C21H26ClN3O2S. The topological polar surface area (TPSA) is 53.6 Å². The molecule has 28 heavy (non-hydrogen) atoms. The lowest BCUT2D eigenvalue weighted by Gasteiger charge is -2.23. The molecule has 5 nitrogen and oxygen atoms in total. The van der Waals surface area contributed by atoms with Gasteiger partial charge in [-0.1, -0.05) is 29.3 Å². The van der Waals surface area contributed by atoms with E-state index in [1.807, 2.05) is 0 Å². The number of nitrogens with one attached hydrogen (secondary N) is 2. The number of nitrogens with zero attached hydrogens (tertiary/aromatic N) is 1. The fraction of sp³-hybridized carbons (Fsp3) is 0.333. The Hall–Kier alpha value is -2.31. The number of carbonyl (C=O) groups excluding carboxylic acids is 1. The second-order valence-electron chi connectivity index (χ2n) is 6.34. The quantitative estimate of drug-likeness (QED) is 0.369. The van der Waals surface area contributed by atoms with E-state index in [0.29, 0.717) is 21.4 Å². The maximum absolute atomic E-state index is 11.7. The minimum atomic E-state index is -0.422. The lowest BCUT2D eigenvalue weighted by molar-refractivity contribution is 0.0601. The second-order valence-corrected chi connectivity index (χ2v) is 7.15. The van der Waals surface area contributed by atoms with E-state index in [1.165, 1.54) is 18.4 Å². The van der Waals surface area contributed by atoms with Gasteiger partial charge in [0.25, 0.3) is 0 Å². The van der Waals surface area contributed by atoms with Gasteiger partial charge in [-0.15, -0.1) is 0 Å². The normalized spacial score (nSPS) is 10.3. The summed E-state index contributed by atoms with van der Waals surface area (Å²) in [6.07, 6.45) is 0.930. The standard InChI is InChI=1S/C21H26ClN3O2S/c1-4-25(17-9-6-15(2)7-10-17)13-5-12-23-21(28)24-19-14-16(20(26)27-3)8-11-18(19)22/h6-11,14H,4-5,12-13H2,1-3H3,(H2,23,24,28). The van der Waals surface area contributed by atoms with Crippen LogP contribution in [-0.4, -0.2) is 37.8 Å². The molecule has 0 aliphatic rings. The maximum atomic E-state index is 11.7. The van der Waals surface area contributed by atoms with Gasteiger partial charge < -0.3 is 20.3 Å². The molecule has 0 saturated heterocycles. The van der Waals surface area contributed by atoms with Crippen LogP contribution in [0.25, 0.3) is 0 Å². The van der Waals surface area contributed by atoms with Crippen molar-refractivity contribution in [2.45, 2.75) is 20.3 Å². The van der Waals surface area contributed by atoms with E-state index in [2.05, 4.69) is 53.6 Å². The number of halogens is 1. The zero-order valence-corrected chi connectivity index (χ0v) is 18.0. The maximum Gasteiger partial charge on any atom is 0.337 e. The van der Waals surface area contributed by atoms with Crippen molar-refractivity contribution in [3.8, 4) is 0 Å². The summed E-state index contributed by atoms with van der Waals surface area (Å²) in [5.74, 6) is -0.422. The molecule has 0 aliphatic carbocycles. The van der Waals surface area contributed by atoms with Crippen LogP contribution in [0.15, 0.2) is 42.5 Å². The third-order valence-corrected chi connectivity index (χ3v) is 4.88. The lowest BCUT2D eigenvalue weighted by Crippen LogP contribution is -2.32. The van der Waals surface area contributed by atoms with Crippen LogP contribution in [0.2, 0.25) is 5.02 Å². The first kappa shape index (κ1) is 22.0. The first-order valence-electron chi connectivity index (χ1n) is 9.19. The van der Waals surface area contributed by atoms with E-state index in [1.54, 1.807) is 18.2 Å². The predicted molar refractivity (Wildman–Crippen MR) is 121 cm³/mol. The van der Waals surface area contributed by atoms with E-state index >= 15 is 0 Å². The van der Waals surface area contributed by atoms with Gasteiger partial charge in [-0.2, -0.15) is 0 Å². The summed E-state index contributed by atoms with van der Waals surface area (Å²) in [7, 11) is 1.34. The highest BCUT2D eigenvalue weighted by atomic mass is 35.5. The summed E-state index contributed by atoms with van der Waals surface area (Å²) < 4.78 is 4.73. The van der Waals surface area contributed by atoms with E-state index in [4.69, 9.17) is 28.6 Å². The number of ether oxygens (including phenoxy) is 1. The van der Waals surface area contributed by atoms with Crippen LogP contribution in [0.5, 0.6) is 0 Å². The highest BCUT2D eigenvalue weighted by Gasteiger charge is 2.10. The molecule has 2 aromatic rings. The van der Waals surface area contributed by atoms with Crippen LogP contribution >= 0.6 is 23.8 Å². The molecule has 0 bridgehead atoms. The molecule has 2 aromatic carbocycles. The van der Waals surface area contributed by atoms with Gasteiger partial charge in [0.2, 0.25) is 0 Å². The summed E-state index contributed by atoms with van der Waals surface area (Å²) in [5, 5.41) is 7.16. The van der Waals surface area contributed by atoms with Crippen molar-refractivity contribution in [1.29, 1.82) is 0 Å². The molecule has 0 fully saturated rings. The Kier molecular flexibility index (Phi) is 8.54. The zero-order chi connectivity index (χ0) is 20.5. The van der Waals surface area contributed by atoms with Crippen molar-refractivity contribution in [3.63, 3.8) is 0 Å². The highest BCUT2D eigenvalue weighted by Crippen LogP contribution is 2.23. The SMILES string of the molecule is CCN(CCCNC(=S)Nc1cc(C(=O)OC)ccc1Cl)c1ccc(C)cc1.